The van der Waals surface area contributed by atoms with E-state index in [0.29, 0.717) is 8.95 Å². The summed E-state index contributed by atoms with van der Waals surface area (Å²) in [7, 11) is 3.97. The van der Waals surface area contributed by atoms with Gasteiger partial charge in [-0.15, -0.1) is 0 Å². The highest BCUT2D eigenvalue weighted by molar-refractivity contribution is 9.10. The Hall–Kier alpha value is -4.38. The standard InChI is InChI=1S/C20H16BrClF2N2O3.C16H12BrClF2N2O3.2CH4/c1-20(2,3)19(28)29-16-10-7-9(21)8-25-17(10)26(4)18(27)14(16)13-11(23)5-6-12(24)15(13)22;1-22(15-10(16(24)25-2)5-8(17)7-21-15)13(23)6-9-11(19)3-4-12(20)14(9)18;;/h5-8H,1-4H3;3-5,7H,6H2,1-2H3;2*1H4. The summed E-state index contributed by atoms with van der Waals surface area (Å²) in [5, 5.41) is -0.787. The fraction of sp³-hybridized carbons (Fsp3) is 0.263. The van der Waals surface area contributed by atoms with Gasteiger partial charge in [0.05, 0.1) is 39.9 Å². The van der Waals surface area contributed by atoms with Crippen molar-refractivity contribution in [2.45, 2.75) is 42.0 Å². The molecule has 0 saturated carbocycles. The maximum absolute atomic E-state index is 14.7. The minimum atomic E-state index is -0.927. The Morgan fingerprint density at radius 2 is 1.39 bits per heavy atom. The van der Waals surface area contributed by atoms with E-state index in [-0.39, 0.29) is 54.1 Å². The molecule has 0 atom stereocenters. The second kappa shape index (κ2) is 19.2. The number of aryl methyl sites for hydroxylation is 1. The van der Waals surface area contributed by atoms with Gasteiger partial charge in [-0.25, -0.2) is 32.3 Å². The van der Waals surface area contributed by atoms with Gasteiger partial charge in [0, 0.05) is 46.6 Å². The molecule has 0 N–H and O–H groups in total. The molecule has 0 fully saturated rings. The molecule has 0 aliphatic heterocycles. The summed E-state index contributed by atoms with van der Waals surface area (Å²) in [6, 6.07) is 6.48. The Bertz CT molecular complexity index is 2390. The molecule has 0 spiro atoms. The summed E-state index contributed by atoms with van der Waals surface area (Å²) in [4.78, 5) is 59.3. The second-order valence-electron chi connectivity index (χ2n) is 12.4. The monoisotopic (exact) mass is 948 g/mol. The van der Waals surface area contributed by atoms with Crippen molar-refractivity contribution in [3.8, 4) is 16.9 Å². The van der Waals surface area contributed by atoms with Gasteiger partial charge in [-0.1, -0.05) is 38.1 Å². The number of ether oxygens (including phenoxy) is 2. The molecule has 5 aromatic rings. The lowest BCUT2D eigenvalue weighted by atomic mass is 9.97. The fourth-order valence-electron chi connectivity index (χ4n) is 4.77. The SMILES string of the molecule is C.C.COC(=O)c1cc(Br)cnc1N(C)C(=O)Cc1c(F)ccc(F)c1Cl.Cn1c(=O)c(-c2c(F)ccc(F)c2Cl)c(OC(=O)C(C)(C)C)c2cc(Br)cnc21. The van der Waals surface area contributed by atoms with Crippen LogP contribution in [-0.2, 0) is 27.8 Å². The van der Waals surface area contributed by atoms with Crippen molar-refractivity contribution in [3.63, 3.8) is 0 Å². The number of rotatable bonds is 6. The molecule has 1 amide bonds. The van der Waals surface area contributed by atoms with E-state index in [9.17, 15) is 36.7 Å². The van der Waals surface area contributed by atoms with Gasteiger partial charge in [0.2, 0.25) is 5.91 Å². The fourth-order valence-corrected chi connectivity index (χ4v) is 5.90. The van der Waals surface area contributed by atoms with E-state index in [1.54, 1.807) is 26.8 Å². The van der Waals surface area contributed by atoms with Crippen molar-refractivity contribution >= 4 is 89.8 Å². The summed E-state index contributed by atoms with van der Waals surface area (Å²) in [5.74, 6) is -5.67. The van der Waals surface area contributed by atoms with Crippen molar-refractivity contribution < 1.29 is 41.4 Å². The minimum Gasteiger partial charge on any atom is -0.465 e. The molecule has 18 heteroatoms. The molecular formula is C38H36Br2Cl2F4N4O6. The van der Waals surface area contributed by atoms with Gasteiger partial charge >= 0.3 is 11.9 Å². The van der Waals surface area contributed by atoms with Gasteiger partial charge < -0.3 is 9.47 Å². The Morgan fingerprint density at radius 3 is 1.98 bits per heavy atom. The molecule has 0 aliphatic carbocycles. The van der Waals surface area contributed by atoms with E-state index in [2.05, 4.69) is 46.6 Å². The van der Waals surface area contributed by atoms with Crippen LogP contribution in [-0.4, -0.2) is 46.5 Å². The number of aromatic nitrogens is 3. The number of halogens is 8. The third kappa shape index (κ3) is 10.1. The number of fused-ring (bicyclic) bond motifs is 1. The summed E-state index contributed by atoms with van der Waals surface area (Å²) < 4.78 is 68.6. The zero-order valence-corrected chi connectivity index (χ0v) is 33.8. The summed E-state index contributed by atoms with van der Waals surface area (Å²) in [6.45, 7) is 4.88. The average Bonchev–Trinajstić information content (AvgIpc) is 3.12. The lowest BCUT2D eigenvalue weighted by molar-refractivity contribution is -0.142. The molecule has 0 aliphatic rings. The number of anilines is 1. The molecule has 0 bridgehead atoms. The zero-order chi connectivity index (χ0) is 40.4. The van der Waals surface area contributed by atoms with Crippen molar-refractivity contribution in [3.05, 3.63) is 113 Å². The molecular weight excluding hydrogens is 915 g/mol. The van der Waals surface area contributed by atoms with Gasteiger partial charge in [-0.05, 0) is 89.0 Å². The lowest BCUT2D eigenvalue weighted by Crippen LogP contribution is -2.31. The lowest BCUT2D eigenvalue weighted by Gasteiger charge is -2.20. The number of carbonyl (C=O) groups excluding carboxylic acids is 3. The van der Waals surface area contributed by atoms with Crippen molar-refractivity contribution in [1.82, 2.24) is 14.5 Å². The highest BCUT2D eigenvalue weighted by atomic mass is 79.9. The molecule has 0 radical (unpaired) electrons. The normalized spacial score (nSPS) is 10.8. The summed E-state index contributed by atoms with van der Waals surface area (Å²) in [6.07, 6.45) is 2.35. The van der Waals surface area contributed by atoms with Crippen molar-refractivity contribution in [2.75, 3.05) is 19.1 Å². The van der Waals surface area contributed by atoms with Crippen LogP contribution in [0.2, 0.25) is 10.0 Å². The molecule has 5 rings (SSSR count). The molecule has 300 valence electrons. The number of amides is 1. The zero-order valence-electron chi connectivity index (χ0n) is 29.1. The maximum atomic E-state index is 14.7. The van der Waals surface area contributed by atoms with E-state index >= 15 is 0 Å². The van der Waals surface area contributed by atoms with Gasteiger partial charge in [-0.2, -0.15) is 0 Å². The van der Waals surface area contributed by atoms with E-state index in [1.807, 2.05) is 0 Å². The first-order valence-corrected chi connectivity index (χ1v) is 17.7. The Labute approximate surface area is 347 Å². The first kappa shape index (κ1) is 47.8. The van der Waals surface area contributed by atoms with E-state index in [4.69, 9.17) is 27.9 Å². The number of pyridine rings is 3. The molecule has 2 aromatic carbocycles. The number of esters is 2. The second-order valence-corrected chi connectivity index (χ2v) is 15.0. The molecule has 56 heavy (non-hydrogen) atoms. The molecule has 10 nitrogen and oxygen atoms in total. The van der Waals surface area contributed by atoms with Gasteiger partial charge in [-0.3, -0.25) is 23.9 Å². The van der Waals surface area contributed by atoms with E-state index < -0.39 is 74.1 Å². The van der Waals surface area contributed by atoms with Crippen molar-refractivity contribution in [2.24, 2.45) is 12.5 Å². The van der Waals surface area contributed by atoms with Crippen LogP contribution in [0.4, 0.5) is 23.4 Å². The number of nitrogens with zero attached hydrogens (tertiary/aromatic N) is 4. The largest absolute Gasteiger partial charge is 0.465 e. The molecule has 0 saturated heterocycles. The molecule has 3 aromatic heterocycles. The average molecular weight is 951 g/mol. The van der Waals surface area contributed by atoms with Crippen LogP contribution in [0.1, 0.15) is 51.5 Å². The third-order valence-corrected chi connectivity index (χ3v) is 9.29. The Kier molecular flexibility index (Phi) is 16.4. The third-order valence-electron chi connectivity index (χ3n) is 7.64. The molecule has 3 heterocycles. The molecule has 0 unspecified atom stereocenters. The van der Waals surface area contributed by atoms with Gasteiger partial charge in [0.15, 0.2) is 5.75 Å². The number of carbonyl (C=O) groups is 3. The Balaban J connectivity index is 0.000000378. The number of likely N-dealkylation sites (N-methyl/N-ethyl adjacent to an activating group) is 1. The smallest absolute Gasteiger partial charge is 0.341 e. The van der Waals surface area contributed by atoms with Crippen LogP contribution in [0.15, 0.2) is 62.5 Å². The van der Waals surface area contributed by atoms with Crippen LogP contribution in [0.3, 0.4) is 0 Å². The first-order valence-electron chi connectivity index (χ1n) is 15.4. The maximum Gasteiger partial charge on any atom is 0.341 e. The highest BCUT2D eigenvalue weighted by Crippen LogP contribution is 2.40. The van der Waals surface area contributed by atoms with E-state index in [0.717, 1.165) is 33.7 Å². The van der Waals surface area contributed by atoms with Gasteiger partial charge in [0.1, 0.15) is 40.3 Å². The number of hydrogen-bond acceptors (Lipinski definition) is 8. The number of benzene rings is 2. The van der Waals surface area contributed by atoms with E-state index in [1.165, 1.54) is 39.7 Å². The minimum absolute atomic E-state index is 0. The van der Waals surface area contributed by atoms with Crippen LogP contribution >= 0.6 is 55.1 Å². The summed E-state index contributed by atoms with van der Waals surface area (Å²) in [5.41, 5.74) is -2.53. The van der Waals surface area contributed by atoms with Crippen LogP contribution in [0.25, 0.3) is 22.2 Å². The number of hydrogen-bond donors (Lipinski definition) is 0. The summed E-state index contributed by atoms with van der Waals surface area (Å²) >= 11 is 18.2. The quantitative estimate of drug-likeness (QED) is 0.0938. The van der Waals surface area contributed by atoms with Gasteiger partial charge in [0.25, 0.3) is 5.56 Å². The van der Waals surface area contributed by atoms with Crippen LogP contribution in [0.5, 0.6) is 5.75 Å². The first-order chi connectivity index (χ1) is 25.2. The Morgan fingerprint density at radius 1 is 0.857 bits per heavy atom. The number of methoxy groups -OCH3 is 1. The van der Waals surface area contributed by atoms with Crippen molar-refractivity contribution in [1.29, 1.82) is 0 Å². The topological polar surface area (TPSA) is 121 Å². The van der Waals surface area contributed by atoms with Crippen LogP contribution in [0, 0.1) is 28.7 Å². The highest BCUT2D eigenvalue weighted by Gasteiger charge is 2.31. The predicted octanol–water partition coefficient (Wildman–Crippen LogP) is 10.3. The van der Waals surface area contributed by atoms with Crippen LogP contribution < -0.4 is 15.2 Å². The predicted molar refractivity (Wildman–Crippen MR) is 215 cm³/mol.